The molecule has 0 aliphatic carbocycles. The Morgan fingerprint density at radius 3 is 2.70 bits per heavy atom. The molecule has 0 bridgehead atoms. The minimum absolute atomic E-state index is 0.0451. The highest BCUT2D eigenvalue weighted by molar-refractivity contribution is 7.21. The van der Waals surface area contributed by atoms with E-state index in [0.717, 1.165) is 32.7 Å². The number of benzene rings is 1. The van der Waals surface area contributed by atoms with Crippen LogP contribution in [0.15, 0.2) is 18.2 Å². The summed E-state index contributed by atoms with van der Waals surface area (Å²) in [5, 5.41) is 4.20. The highest BCUT2D eigenvalue weighted by Gasteiger charge is 2.28. The van der Waals surface area contributed by atoms with E-state index in [1.807, 2.05) is 32.0 Å². The molecule has 0 saturated carbocycles. The summed E-state index contributed by atoms with van der Waals surface area (Å²) < 4.78 is 6.37. The lowest BCUT2D eigenvalue weighted by Gasteiger charge is -2.31. The first-order chi connectivity index (χ1) is 10.8. The fourth-order valence-corrected chi connectivity index (χ4v) is 4.05. The second-order valence-corrected chi connectivity index (χ2v) is 7.79. The van der Waals surface area contributed by atoms with Gasteiger partial charge in [-0.25, -0.2) is 0 Å². The van der Waals surface area contributed by atoms with Crippen LogP contribution in [0.2, 0.25) is 0 Å². The number of methoxy groups -OCH3 is 1. The van der Waals surface area contributed by atoms with E-state index in [-0.39, 0.29) is 11.4 Å². The lowest BCUT2D eigenvalue weighted by atomic mass is 9.90. The Morgan fingerprint density at radius 1 is 1.43 bits per heavy atom. The molecule has 5 heteroatoms. The second kappa shape index (κ2) is 6.89. The van der Waals surface area contributed by atoms with Crippen molar-refractivity contribution in [1.29, 1.82) is 0 Å². The number of fused-ring (bicyclic) bond motifs is 1. The van der Waals surface area contributed by atoms with Crippen LogP contribution in [0.1, 0.15) is 42.4 Å². The van der Waals surface area contributed by atoms with Crippen molar-refractivity contribution in [2.75, 3.05) is 13.7 Å². The molecule has 2 aromatic rings. The highest BCUT2D eigenvalue weighted by Crippen LogP contribution is 2.33. The summed E-state index contributed by atoms with van der Waals surface area (Å²) in [7, 11) is 1.65. The lowest BCUT2D eigenvalue weighted by Crippen LogP contribution is -2.52. The molecule has 1 aromatic heterocycles. The van der Waals surface area contributed by atoms with Crippen molar-refractivity contribution in [2.45, 2.75) is 39.7 Å². The molecule has 0 saturated heterocycles. The third-order valence-electron chi connectivity index (χ3n) is 4.07. The smallest absolute Gasteiger partial charge is 0.262 e. The molecule has 2 rings (SSSR count). The molecule has 0 aliphatic heterocycles. The first-order valence-corrected chi connectivity index (χ1v) is 8.71. The lowest BCUT2D eigenvalue weighted by molar-refractivity contribution is 0.0902. The van der Waals surface area contributed by atoms with E-state index in [4.69, 9.17) is 10.5 Å². The van der Waals surface area contributed by atoms with Gasteiger partial charge in [0.05, 0.1) is 17.5 Å². The highest BCUT2D eigenvalue weighted by atomic mass is 32.1. The number of amides is 1. The van der Waals surface area contributed by atoms with Gasteiger partial charge in [0.15, 0.2) is 0 Å². The van der Waals surface area contributed by atoms with Crippen molar-refractivity contribution in [3.8, 4) is 5.75 Å². The van der Waals surface area contributed by atoms with Crippen LogP contribution >= 0.6 is 11.3 Å². The Hall–Kier alpha value is -1.59. The Balaban J connectivity index is 2.32. The largest absolute Gasteiger partial charge is 0.497 e. The fourth-order valence-electron chi connectivity index (χ4n) is 2.96. The Morgan fingerprint density at radius 2 is 2.13 bits per heavy atom. The maximum Gasteiger partial charge on any atom is 0.262 e. The third kappa shape index (κ3) is 3.85. The van der Waals surface area contributed by atoms with Gasteiger partial charge in [-0.1, -0.05) is 13.8 Å². The zero-order chi connectivity index (χ0) is 17.2. The second-order valence-electron chi connectivity index (χ2n) is 6.74. The molecule has 0 fully saturated rings. The van der Waals surface area contributed by atoms with E-state index in [1.54, 1.807) is 7.11 Å². The third-order valence-corrected chi connectivity index (χ3v) is 5.35. The molecule has 1 atom stereocenters. The van der Waals surface area contributed by atoms with E-state index in [0.29, 0.717) is 12.5 Å². The van der Waals surface area contributed by atoms with E-state index >= 15 is 0 Å². The number of carbonyl (C=O) groups excluding carboxylic acids is 1. The summed E-state index contributed by atoms with van der Waals surface area (Å²) in [5.41, 5.74) is 6.51. The van der Waals surface area contributed by atoms with Crippen molar-refractivity contribution < 1.29 is 9.53 Å². The zero-order valence-corrected chi connectivity index (χ0v) is 15.3. The number of nitrogens with two attached hydrogens (primary N) is 1. The normalized spacial score (nSPS) is 14.0. The van der Waals surface area contributed by atoms with Gasteiger partial charge in [0.1, 0.15) is 5.75 Å². The van der Waals surface area contributed by atoms with Crippen LogP contribution in [0, 0.1) is 12.8 Å². The number of aryl methyl sites for hydroxylation is 1. The van der Waals surface area contributed by atoms with Crippen LogP contribution in [-0.2, 0) is 0 Å². The molecule has 4 nitrogen and oxygen atoms in total. The minimum atomic E-state index is -0.383. The molecule has 1 aromatic carbocycles. The van der Waals surface area contributed by atoms with Gasteiger partial charge < -0.3 is 15.8 Å². The summed E-state index contributed by atoms with van der Waals surface area (Å²) >= 11 is 1.51. The van der Waals surface area contributed by atoms with E-state index < -0.39 is 0 Å². The summed E-state index contributed by atoms with van der Waals surface area (Å²) in [6.07, 6.45) is 0.854. The number of thiophene rings is 1. The first-order valence-electron chi connectivity index (χ1n) is 7.89. The van der Waals surface area contributed by atoms with Gasteiger partial charge in [0, 0.05) is 11.2 Å². The van der Waals surface area contributed by atoms with Crippen molar-refractivity contribution in [2.24, 2.45) is 11.7 Å². The Bertz CT molecular complexity index is 708. The molecule has 23 heavy (non-hydrogen) atoms. The molecule has 3 N–H and O–H groups in total. The molecule has 0 spiro atoms. The average molecular weight is 334 g/mol. The molecule has 0 aliphatic rings. The fraction of sp³-hybridized carbons (Fsp3) is 0.500. The minimum Gasteiger partial charge on any atom is -0.497 e. The van der Waals surface area contributed by atoms with Gasteiger partial charge >= 0.3 is 0 Å². The van der Waals surface area contributed by atoms with Crippen molar-refractivity contribution >= 4 is 27.3 Å². The predicted molar refractivity (Wildman–Crippen MR) is 97.5 cm³/mol. The van der Waals surface area contributed by atoms with Crippen molar-refractivity contribution in [3.63, 3.8) is 0 Å². The molecule has 126 valence electrons. The van der Waals surface area contributed by atoms with Gasteiger partial charge in [-0.15, -0.1) is 11.3 Å². The van der Waals surface area contributed by atoms with E-state index in [2.05, 4.69) is 19.2 Å². The number of hydrogen-bond donors (Lipinski definition) is 2. The van der Waals surface area contributed by atoms with Gasteiger partial charge in [0.25, 0.3) is 5.91 Å². The average Bonchev–Trinajstić information content (AvgIpc) is 2.83. The van der Waals surface area contributed by atoms with Crippen LogP contribution < -0.4 is 15.8 Å². The molecular weight excluding hydrogens is 308 g/mol. The van der Waals surface area contributed by atoms with Crippen LogP contribution in [0.25, 0.3) is 10.1 Å². The van der Waals surface area contributed by atoms with E-state index in [9.17, 15) is 4.79 Å². The van der Waals surface area contributed by atoms with Crippen LogP contribution in [0.5, 0.6) is 5.75 Å². The van der Waals surface area contributed by atoms with Crippen molar-refractivity contribution in [1.82, 2.24) is 5.32 Å². The molecular formula is C18H26N2O2S. The van der Waals surface area contributed by atoms with Gasteiger partial charge in [-0.2, -0.15) is 0 Å². The number of rotatable bonds is 6. The summed E-state index contributed by atoms with van der Waals surface area (Å²) in [6, 6.07) is 5.90. The van der Waals surface area contributed by atoms with Crippen LogP contribution in [-0.4, -0.2) is 25.1 Å². The maximum absolute atomic E-state index is 12.8. The summed E-state index contributed by atoms with van der Waals surface area (Å²) in [6.45, 7) is 8.69. The monoisotopic (exact) mass is 334 g/mol. The molecule has 1 heterocycles. The number of carbonyl (C=O) groups is 1. The van der Waals surface area contributed by atoms with Crippen LogP contribution in [0.3, 0.4) is 0 Å². The summed E-state index contributed by atoms with van der Waals surface area (Å²) in [4.78, 5) is 13.5. The maximum atomic E-state index is 12.8. The van der Waals surface area contributed by atoms with E-state index in [1.165, 1.54) is 11.3 Å². The number of hydrogen-bond acceptors (Lipinski definition) is 4. The summed E-state index contributed by atoms with van der Waals surface area (Å²) in [5.74, 6) is 1.23. The Labute approximate surface area is 142 Å². The molecule has 0 radical (unpaired) electrons. The van der Waals surface area contributed by atoms with Gasteiger partial charge in [-0.05, 0) is 55.3 Å². The molecule has 1 amide bonds. The zero-order valence-electron chi connectivity index (χ0n) is 14.5. The van der Waals surface area contributed by atoms with Crippen molar-refractivity contribution in [3.05, 3.63) is 28.6 Å². The van der Waals surface area contributed by atoms with Crippen LogP contribution in [0.4, 0.5) is 0 Å². The first kappa shape index (κ1) is 17.8. The quantitative estimate of drug-likeness (QED) is 0.846. The molecule has 1 unspecified atom stereocenters. The van der Waals surface area contributed by atoms with Gasteiger partial charge in [0.2, 0.25) is 0 Å². The Kier molecular flexibility index (Phi) is 5.32. The topological polar surface area (TPSA) is 64.3 Å². The predicted octanol–water partition coefficient (Wildman–Crippen LogP) is 3.71. The van der Waals surface area contributed by atoms with Gasteiger partial charge in [-0.3, -0.25) is 4.79 Å². The SMILES string of the molecule is COc1ccc2sc(C(=O)NC(C)(CN)CC(C)C)c(C)c2c1. The number of nitrogens with one attached hydrogen (secondary N) is 1. The number of ether oxygens (including phenoxy) is 1. The standard InChI is InChI=1S/C18H26N2O2S/c1-11(2)9-18(4,10-19)20-17(21)16-12(3)14-8-13(22-5)6-7-15(14)23-16/h6-8,11H,9-10,19H2,1-5H3,(H,20,21).